The zero-order valence-electron chi connectivity index (χ0n) is 16.7. The lowest BCUT2D eigenvalue weighted by Crippen LogP contribution is -2.36. The maximum atomic E-state index is 12.6. The van der Waals surface area contributed by atoms with Crippen molar-refractivity contribution in [3.8, 4) is 11.5 Å². The number of aliphatic imine (C=N–C) groups is 1. The summed E-state index contributed by atoms with van der Waals surface area (Å²) in [5, 5.41) is 2.98. The van der Waals surface area contributed by atoms with Gasteiger partial charge in [0, 0.05) is 31.5 Å². The highest BCUT2D eigenvalue weighted by Gasteiger charge is 2.35. The molecule has 0 saturated carbocycles. The fourth-order valence-electron chi connectivity index (χ4n) is 3.69. The fraction of sp³-hybridized carbons (Fsp3) is 0.476. The van der Waals surface area contributed by atoms with Crippen LogP contribution in [-0.2, 0) is 6.54 Å². The first-order valence-electron chi connectivity index (χ1n) is 10.3. The molecule has 1 atom stereocenters. The number of benzene rings is 1. The Kier molecular flexibility index (Phi) is 5.97. The highest BCUT2D eigenvalue weighted by atomic mass is 16.6. The molecule has 1 unspecified atom stereocenters. The first-order valence-corrected chi connectivity index (χ1v) is 10.3. The van der Waals surface area contributed by atoms with E-state index in [0.717, 1.165) is 43.7 Å². The Bertz CT molecular complexity index is 865. The minimum Gasteiger partial charge on any atom is -0.486 e. The van der Waals surface area contributed by atoms with Gasteiger partial charge in [0.25, 0.3) is 0 Å². The summed E-state index contributed by atoms with van der Waals surface area (Å²) in [5.74, 6) is 2.15. The van der Waals surface area contributed by atoms with Crippen LogP contribution >= 0.6 is 0 Å². The summed E-state index contributed by atoms with van der Waals surface area (Å²) in [6.45, 7) is 4.76. The van der Waals surface area contributed by atoms with Crippen LogP contribution in [0.3, 0.4) is 0 Å². The molecule has 1 fully saturated rings. The van der Waals surface area contributed by atoms with Crippen molar-refractivity contribution in [2.75, 3.05) is 19.8 Å². The van der Waals surface area contributed by atoms with Crippen LogP contribution in [0.1, 0.15) is 32.6 Å². The van der Waals surface area contributed by atoms with Gasteiger partial charge in [0.15, 0.2) is 11.5 Å². The molecule has 29 heavy (non-hydrogen) atoms. The molecule has 0 radical (unpaired) electrons. The average Bonchev–Trinajstić information content (AvgIpc) is 3.35. The van der Waals surface area contributed by atoms with E-state index in [1.165, 1.54) is 0 Å². The van der Waals surface area contributed by atoms with Gasteiger partial charge >= 0.3 is 6.03 Å². The highest BCUT2D eigenvalue weighted by molar-refractivity contribution is 6.08. The third kappa shape index (κ3) is 4.52. The monoisotopic (exact) mass is 397 g/mol. The van der Waals surface area contributed by atoms with Gasteiger partial charge in [0.2, 0.25) is 0 Å². The SMILES string of the molecule is CCCCC1C(=Nc2ccc3c(c2)OCCO3)NC(=O)N1CCCn1ccnc1. The molecule has 2 aromatic rings. The van der Waals surface area contributed by atoms with Crippen LogP contribution in [0.25, 0.3) is 0 Å². The van der Waals surface area contributed by atoms with Gasteiger partial charge in [-0.2, -0.15) is 0 Å². The van der Waals surface area contributed by atoms with Crippen LogP contribution in [-0.4, -0.2) is 52.1 Å². The van der Waals surface area contributed by atoms with E-state index in [-0.39, 0.29) is 12.1 Å². The van der Waals surface area contributed by atoms with E-state index in [2.05, 4.69) is 17.2 Å². The molecule has 3 heterocycles. The van der Waals surface area contributed by atoms with Gasteiger partial charge in [-0.1, -0.05) is 19.8 Å². The molecular weight excluding hydrogens is 370 g/mol. The average molecular weight is 397 g/mol. The molecule has 0 bridgehead atoms. The Morgan fingerprint density at radius 1 is 1.21 bits per heavy atom. The van der Waals surface area contributed by atoms with E-state index in [1.807, 2.05) is 33.9 Å². The molecule has 2 amide bonds. The Balaban J connectivity index is 1.49. The number of rotatable bonds is 8. The standard InChI is InChI=1S/C21H27N5O3/c1-2-3-5-17-20(23-16-6-7-18-19(14-16)29-13-12-28-18)24-21(27)26(17)10-4-9-25-11-8-22-15-25/h6-8,11,14-15,17H,2-5,9-10,12-13H2,1H3,(H,23,24,27). The number of fused-ring (bicyclic) bond motifs is 1. The van der Waals surface area contributed by atoms with Crippen molar-refractivity contribution >= 4 is 17.6 Å². The van der Waals surface area contributed by atoms with Gasteiger partial charge in [-0.05, 0) is 25.0 Å². The number of aryl methyl sites for hydroxylation is 1. The smallest absolute Gasteiger partial charge is 0.323 e. The molecule has 8 heteroatoms. The van der Waals surface area contributed by atoms with Crippen LogP contribution in [0.2, 0.25) is 0 Å². The third-order valence-corrected chi connectivity index (χ3v) is 5.17. The van der Waals surface area contributed by atoms with Crippen molar-refractivity contribution in [2.45, 2.75) is 45.2 Å². The highest BCUT2D eigenvalue weighted by Crippen LogP contribution is 2.34. The fourth-order valence-corrected chi connectivity index (χ4v) is 3.69. The van der Waals surface area contributed by atoms with Crippen LogP contribution in [0.4, 0.5) is 10.5 Å². The van der Waals surface area contributed by atoms with Crippen LogP contribution < -0.4 is 14.8 Å². The molecule has 154 valence electrons. The van der Waals surface area contributed by atoms with Crippen LogP contribution in [0, 0.1) is 0 Å². The molecule has 1 N–H and O–H groups in total. The summed E-state index contributed by atoms with van der Waals surface area (Å²) in [4.78, 5) is 23.4. The molecule has 0 spiro atoms. The van der Waals surface area contributed by atoms with Crippen molar-refractivity contribution < 1.29 is 14.3 Å². The Hall–Kier alpha value is -3.03. The first-order chi connectivity index (χ1) is 14.2. The number of imidazole rings is 1. The van der Waals surface area contributed by atoms with Crippen molar-refractivity contribution in [1.82, 2.24) is 19.8 Å². The van der Waals surface area contributed by atoms with Crippen LogP contribution in [0.5, 0.6) is 11.5 Å². The number of amidine groups is 1. The van der Waals surface area contributed by atoms with Crippen molar-refractivity contribution in [3.05, 3.63) is 36.9 Å². The first kappa shape index (κ1) is 19.3. The van der Waals surface area contributed by atoms with E-state index >= 15 is 0 Å². The van der Waals surface area contributed by atoms with Crippen molar-refractivity contribution in [3.63, 3.8) is 0 Å². The number of carbonyl (C=O) groups is 1. The Labute approximate surface area is 170 Å². The summed E-state index contributed by atoms with van der Waals surface area (Å²) in [7, 11) is 0. The second-order valence-electron chi connectivity index (χ2n) is 7.26. The Morgan fingerprint density at radius 2 is 2.07 bits per heavy atom. The second kappa shape index (κ2) is 8.98. The van der Waals surface area contributed by atoms with Crippen LogP contribution in [0.15, 0.2) is 41.9 Å². The van der Waals surface area contributed by atoms with E-state index in [1.54, 1.807) is 12.5 Å². The minimum absolute atomic E-state index is 0.0292. The summed E-state index contributed by atoms with van der Waals surface area (Å²) in [6, 6.07) is 5.53. The normalized spacial score (nSPS) is 19.6. The predicted octanol–water partition coefficient (Wildman–Crippen LogP) is 3.36. The zero-order chi connectivity index (χ0) is 20.1. The molecule has 1 aromatic carbocycles. The number of hydrogen-bond donors (Lipinski definition) is 1. The Morgan fingerprint density at radius 3 is 2.86 bits per heavy atom. The molecule has 0 aliphatic carbocycles. The largest absolute Gasteiger partial charge is 0.486 e. The number of carbonyl (C=O) groups excluding carboxylic acids is 1. The summed E-state index contributed by atoms with van der Waals surface area (Å²) < 4.78 is 13.3. The lowest BCUT2D eigenvalue weighted by atomic mass is 10.1. The molecule has 2 aliphatic rings. The topological polar surface area (TPSA) is 81.0 Å². The molecular formula is C21H27N5O3. The number of amides is 2. The molecule has 1 saturated heterocycles. The van der Waals surface area contributed by atoms with E-state index in [9.17, 15) is 4.79 Å². The molecule has 1 aromatic heterocycles. The van der Waals surface area contributed by atoms with E-state index in [4.69, 9.17) is 14.5 Å². The molecule has 2 aliphatic heterocycles. The van der Waals surface area contributed by atoms with E-state index in [0.29, 0.717) is 31.3 Å². The molecule has 4 rings (SSSR count). The number of ether oxygens (including phenoxy) is 2. The third-order valence-electron chi connectivity index (χ3n) is 5.17. The predicted molar refractivity (Wildman–Crippen MR) is 110 cm³/mol. The maximum absolute atomic E-state index is 12.6. The van der Waals surface area contributed by atoms with Gasteiger partial charge < -0.3 is 18.9 Å². The van der Waals surface area contributed by atoms with Gasteiger partial charge in [0.05, 0.1) is 18.1 Å². The molecule has 8 nitrogen and oxygen atoms in total. The number of unbranched alkanes of at least 4 members (excludes halogenated alkanes) is 1. The lowest BCUT2D eigenvalue weighted by molar-refractivity contribution is 0.171. The number of aromatic nitrogens is 2. The number of nitrogens with zero attached hydrogens (tertiary/aromatic N) is 4. The number of urea groups is 1. The summed E-state index contributed by atoms with van der Waals surface area (Å²) in [5.41, 5.74) is 0.756. The van der Waals surface area contributed by atoms with Crippen molar-refractivity contribution in [2.24, 2.45) is 4.99 Å². The quantitative estimate of drug-likeness (QED) is 0.741. The lowest BCUT2D eigenvalue weighted by Gasteiger charge is -2.23. The number of nitrogens with one attached hydrogen (secondary N) is 1. The summed E-state index contributed by atoms with van der Waals surface area (Å²) >= 11 is 0. The maximum Gasteiger partial charge on any atom is 0.323 e. The van der Waals surface area contributed by atoms with Crippen molar-refractivity contribution in [1.29, 1.82) is 0 Å². The summed E-state index contributed by atoms with van der Waals surface area (Å²) in [6.07, 6.45) is 9.38. The van der Waals surface area contributed by atoms with Gasteiger partial charge in [0.1, 0.15) is 19.0 Å². The van der Waals surface area contributed by atoms with Gasteiger partial charge in [-0.15, -0.1) is 0 Å². The minimum atomic E-state index is -0.0759. The zero-order valence-corrected chi connectivity index (χ0v) is 16.7. The number of hydrogen-bond acceptors (Lipinski definition) is 5. The second-order valence-corrected chi connectivity index (χ2v) is 7.26. The van der Waals surface area contributed by atoms with E-state index < -0.39 is 0 Å². The van der Waals surface area contributed by atoms with Gasteiger partial charge in [-0.3, -0.25) is 5.32 Å². The van der Waals surface area contributed by atoms with Gasteiger partial charge in [-0.25, -0.2) is 14.8 Å².